The summed E-state index contributed by atoms with van der Waals surface area (Å²) in [5.41, 5.74) is 1.80. The average molecular weight is 319 g/mol. The molecule has 2 atom stereocenters. The molecule has 1 amide bonds. The Morgan fingerprint density at radius 3 is 2.95 bits per heavy atom. The molecule has 0 aromatic carbocycles. The largest absolute Gasteiger partial charge is 0.481 e. The van der Waals surface area contributed by atoms with Crippen LogP contribution in [0.1, 0.15) is 30.0 Å². The summed E-state index contributed by atoms with van der Waals surface area (Å²) in [4.78, 5) is 25.7. The van der Waals surface area contributed by atoms with Crippen LogP contribution in [-0.2, 0) is 23.2 Å². The van der Waals surface area contributed by atoms with E-state index in [9.17, 15) is 14.7 Å². The van der Waals surface area contributed by atoms with Gasteiger partial charge < -0.3 is 10.0 Å². The van der Waals surface area contributed by atoms with Crippen molar-refractivity contribution in [2.45, 2.75) is 25.4 Å². The highest BCUT2D eigenvalue weighted by Gasteiger charge is 2.41. The SMILES string of the molecule is Cn1cc([C@H]2[C@H](C(=O)O)CCC(=O)N2Cc2ccsc2)cn1. The standard InChI is InChI=1S/C15H17N3O3S/c1-17-8-11(6-16-17)14-12(15(20)21)2-3-13(19)18(14)7-10-4-5-22-9-10/h4-6,8-9,12,14H,2-3,7H2,1H3,(H,20,21)/t12-,14+/m1/s1. The van der Waals surface area contributed by atoms with Gasteiger partial charge in [-0.1, -0.05) is 0 Å². The van der Waals surface area contributed by atoms with Crippen molar-refractivity contribution in [3.63, 3.8) is 0 Å². The molecule has 0 radical (unpaired) electrons. The van der Waals surface area contributed by atoms with E-state index in [0.29, 0.717) is 13.0 Å². The van der Waals surface area contributed by atoms with Gasteiger partial charge in [-0.3, -0.25) is 14.3 Å². The number of carboxylic acid groups (broad SMARTS) is 1. The van der Waals surface area contributed by atoms with Gasteiger partial charge in [0.25, 0.3) is 0 Å². The third-order valence-electron chi connectivity index (χ3n) is 4.02. The molecule has 1 saturated heterocycles. The summed E-state index contributed by atoms with van der Waals surface area (Å²) in [5, 5.41) is 17.6. The van der Waals surface area contributed by atoms with Crippen molar-refractivity contribution in [1.29, 1.82) is 0 Å². The predicted molar refractivity (Wildman–Crippen MR) is 81.2 cm³/mol. The maximum Gasteiger partial charge on any atom is 0.308 e. The number of carbonyl (C=O) groups excluding carboxylic acids is 1. The first-order valence-corrected chi connectivity index (χ1v) is 8.02. The van der Waals surface area contributed by atoms with E-state index >= 15 is 0 Å². The minimum atomic E-state index is -0.864. The Hall–Kier alpha value is -2.15. The number of carboxylic acids is 1. The zero-order valence-corrected chi connectivity index (χ0v) is 13.0. The maximum atomic E-state index is 12.4. The number of aryl methyl sites for hydroxylation is 1. The van der Waals surface area contributed by atoms with E-state index in [1.165, 1.54) is 0 Å². The second-order valence-corrected chi connectivity index (χ2v) is 6.31. The molecule has 2 aromatic heterocycles. The lowest BCUT2D eigenvalue weighted by Gasteiger charge is -2.39. The van der Waals surface area contributed by atoms with Crippen LogP contribution in [0, 0.1) is 5.92 Å². The normalized spacial score (nSPS) is 22.0. The second-order valence-electron chi connectivity index (χ2n) is 5.53. The van der Waals surface area contributed by atoms with Gasteiger partial charge in [0.15, 0.2) is 0 Å². The number of rotatable bonds is 4. The Balaban J connectivity index is 1.97. The lowest BCUT2D eigenvalue weighted by Crippen LogP contribution is -2.44. The molecule has 1 aliphatic rings. The lowest BCUT2D eigenvalue weighted by molar-refractivity contribution is -0.152. The molecule has 6 nitrogen and oxygen atoms in total. The second kappa shape index (κ2) is 5.92. The number of hydrogen-bond acceptors (Lipinski definition) is 4. The van der Waals surface area contributed by atoms with E-state index in [1.54, 1.807) is 40.4 Å². The molecule has 3 rings (SSSR count). The molecule has 2 aromatic rings. The number of thiophene rings is 1. The van der Waals surface area contributed by atoms with Gasteiger partial charge in [-0.15, -0.1) is 0 Å². The van der Waals surface area contributed by atoms with Gasteiger partial charge in [0.05, 0.1) is 18.2 Å². The summed E-state index contributed by atoms with van der Waals surface area (Å²) in [6.07, 6.45) is 4.09. The maximum absolute atomic E-state index is 12.4. The van der Waals surface area contributed by atoms with E-state index in [1.807, 2.05) is 16.8 Å². The lowest BCUT2D eigenvalue weighted by atomic mass is 9.85. The Bertz CT molecular complexity index is 680. The first-order valence-electron chi connectivity index (χ1n) is 7.08. The van der Waals surface area contributed by atoms with Crippen LogP contribution in [0.3, 0.4) is 0 Å². The average Bonchev–Trinajstić information content (AvgIpc) is 3.12. The molecule has 0 unspecified atom stereocenters. The van der Waals surface area contributed by atoms with Crippen molar-refractivity contribution in [2.75, 3.05) is 0 Å². The van der Waals surface area contributed by atoms with Crippen LogP contribution in [0.15, 0.2) is 29.2 Å². The monoisotopic (exact) mass is 319 g/mol. The highest BCUT2D eigenvalue weighted by molar-refractivity contribution is 7.07. The number of piperidine rings is 1. The highest BCUT2D eigenvalue weighted by Crippen LogP contribution is 2.37. The number of likely N-dealkylation sites (tertiary alicyclic amines) is 1. The van der Waals surface area contributed by atoms with E-state index in [0.717, 1.165) is 11.1 Å². The number of aromatic nitrogens is 2. The smallest absolute Gasteiger partial charge is 0.308 e. The summed E-state index contributed by atoms with van der Waals surface area (Å²) >= 11 is 1.57. The minimum Gasteiger partial charge on any atom is -0.481 e. The molecule has 0 saturated carbocycles. The van der Waals surface area contributed by atoms with E-state index in [2.05, 4.69) is 5.10 Å². The molecule has 1 aliphatic heterocycles. The van der Waals surface area contributed by atoms with Crippen molar-refractivity contribution in [2.24, 2.45) is 13.0 Å². The van der Waals surface area contributed by atoms with Crippen LogP contribution in [0.2, 0.25) is 0 Å². The molecule has 0 spiro atoms. The third-order valence-corrected chi connectivity index (χ3v) is 4.76. The van der Waals surface area contributed by atoms with Crippen LogP contribution in [-0.4, -0.2) is 31.7 Å². The van der Waals surface area contributed by atoms with Crippen molar-refractivity contribution in [3.05, 3.63) is 40.3 Å². The summed E-state index contributed by atoms with van der Waals surface area (Å²) in [6, 6.07) is 1.50. The summed E-state index contributed by atoms with van der Waals surface area (Å²) < 4.78 is 1.64. The quantitative estimate of drug-likeness (QED) is 0.936. The number of amides is 1. The van der Waals surface area contributed by atoms with E-state index in [4.69, 9.17) is 0 Å². The molecule has 0 bridgehead atoms. The molecule has 22 heavy (non-hydrogen) atoms. The van der Waals surface area contributed by atoms with Crippen LogP contribution in [0.4, 0.5) is 0 Å². The number of carbonyl (C=O) groups is 2. The number of aliphatic carboxylic acids is 1. The third kappa shape index (κ3) is 2.76. The van der Waals surface area contributed by atoms with E-state index < -0.39 is 17.9 Å². The van der Waals surface area contributed by atoms with Gasteiger partial charge in [-0.25, -0.2) is 0 Å². The minimum absolute atomic E-state index is 0.00227. The van der Waals surface area contributed by atoms with Crippen LogP contribution >= 0.6 is 11.3 Å². The predicted octanol–water partition coefficient (Wildman–Crippen LogP) is 2.05. The van der Waals surface area contributed by atoms with Crippen LogP contribution < -0.4 is 0 Å². The van der Waals surface area contributed by atoms with Gasteiger partial charge in [0, 0.05) is 31.8 Å². The zero-order chi connectivity index (χ0) is 15.7. The first kappa shape index (κ1) is 14.8. The molecule has 7 heteroatoms. The van der Waals surface area contributed by atoms with Crippen molar-refractivity contribution >= 4 is 23.2 Å². The zero-order valence-electron chi connectivity index (χ0n) is 12.2. The fourth-order valence-corrected chi connectivity index (χ4v) is 3.64. The molecule has 3 heterocycles. The molecular weight excluding hydrogens is 302 g/mol. The first-order chi connectivity index (χ1) is 10.6. The van der Waals surface area contributed by atoms with Crippen molar-refractivity contribution in [3.8, 4) is 0 Å². The van der Waals surface area contributed by atoms with Gasteiger partial charge in [0.1, 0.15) is 0 Å². The molecule has 1 N–H and O–H groups in total. The topological polar surface area (TPSA) is 75.4 Å². The number of nitrogens with zero attached hydrogens (tertiary/aromatic N) is 3. The number of hydrogen-bond donors (Lipinski definition) is 1. The molecule has 116 valence electrons. The highest BCUT2D eigenvalue weighted by atomic mass is 32.1. The van der Waals surface area contributed by atoms with Crippen molar-refractivity contribution in [1.82, 2.24) is 14.7 Å². The van der Waals surface area contributed by atoms with Crippen LogP contribution in [0.25, 0.3) is 0 Å². The van der Waals surface area contributed by atoms with Crippen molar-refractivity contribution < 1.29 is 14.7 Å². The van der Waals surface area contributed by atoms with Gasteiger partial charge >= 0.3 is 5.97 Å². The summed E-state index contributed by atoms with van der Waals surface area (Å²) in [5.74, 6) is -1.46. The molecule has 1 fully saturated rings. The summed E-state index contributed by atoms with van der Waals surface area (Å²) in [6.45, 7) is 0.436. The van der Waals surface area contributed by atoms with E-state index in [-0.39, 0.29) is 12.3 Å². The van der Waals surface area contributed by atoms with Gasteiger partial charge in [-0.05, 0) is 28.8 Å². The molecular formula is C15H17N3O3S. The summed E-state index contributed by atoms with van der Waals surface area (Å²) in [7, 11) is 1.78. The van der Waals surface area contributed by atoms with Gasteiger partial charge in [0.2, 0.25) is 5.91 Å². The Morgan fingerprint density at radius 1 is 1.55 bits per heavy atom. The van der Waals surface area contributed by atoms with Gasteiger partial charge in [-0.2, -0.15) is 16.4 Å². The Labute approximate surface area is 132 Å². The fraction of sp³-hybridized carbons (Fsp3) is 0.400. The Morgan fingerprint density at radius 2 is 2.36 bits per heavy atom. The molecule has 0 aliphatic carbocycles. The Kier molecular flexibility index (Phi) is 3.98. The fourth-order valence-electron chi connectivity index (χ4n) is 2.98. The van der Waals surface area contributed by atoms with Crippen LogP contribution in [0.5, 0.6) is 0 Å².